The zero-order chi connectivity index (χ0) is 14.5. The Bertz CT molecular complexity index is 354. The highest BCUT2D eigenvalue weighted by Crippen LogP contribution is 2.33. The molecule has 0 radical (unpaired) electrons. The minimum Gasteiger partial charge on any atom is -0.313 e. The molecule has 0 aromatic heterocycles. The molecule has 0 aromatic rings. The summed E-state index contributed by atoms with van der Waals surface area (Å²) in [5.41, 5.74) is 0. The quantitative estimate of drug-likeness (QED) is 0.754. The van der Waals surface area contributed by atoms with Gasteiger partial charge in [-0.3, -0.25) is 0 Å². The Hall–Kier alpha value is -0.130. The van der Waals surface area contributed by atoms with Crippen molar-refractivity contribution in [3.63, 3.8) is 0 Å². The van der Waals surface area contributed by atoms with Crippen molar-refractivity contribution in [2.75, 3.05) is 18.8 Å². The Balaban J connectivity index is 2.44. The lowest BCUT2D eigenvalue weighted by Gasteiger charge is -2.38. The Morgan fingerprint density at radius 2 is 1.95 bits per heavy atom. The van der Waals surface area contributed by atoms with Gasteiger partial charge in [0.15, 0.2) is 0 Å². The Kier molecular flexibility index (Phi) is 6.77. The topological polar surface area (TPSA) is 58.2 Å². The van der Waals surface area contributed by atoms with Crippen molar-refractivity contribution in [2.45, 2.75) is 53.0 Å². The number of hydrogen-bond acceptors (Lipinski definition) is 3. The van der Waals surface area contributed by atoms with Crippen LogP contribution in [0.5, 0.6) is 0 Å². The average Bonchev–Trinajstić information content (AvgIpc) is 2.28. The summed E-state index contributed by atoms with van der Waals surface area (Å²) in [5, 5.41) is 3.48. The van der Waals surface area contributed by atoms with Gasteiger partial charge in [0.25, 0.3) is 0 Å². The fourth-order valence-electron chi connectivity index (χ4n) is 3.11. The molecule has 1 aliphatic rings. The third-order valence-electron chi connectivity index (χ3n) is 4.16. The van der Waals surface area contributed by atoms with Gasteiger partial charge in [-0.25, -0.2) is 13.1 Å². The van der Waals surface area contributed by atoms with Gasteiger partial charge in [-0.1, -0.05) is 34.1 Å². The van der Waals surface area contributed by atoms with Crippen LogP contribution in [0.3, 0.4) is 0 Å². The predicted molar refractivity (Wildman–Crippen MR) is 80.6 cm³/mol. The maximum absolute atomic E-state index is 11.6. The first-order chi connectivity index (χ1) is 8.85. The largest absolute Gasteiger partial charge is 0.313 e. The molecule has 0 saturated heterocycles. The molecule has 0 bridgehead atoms. The summed E-state index contributed by atoms with van der Waals surface area (Å²) in [6.07, 6.45) is 3.73. The smallest absolute Gasteiger partial charge is 0.212 e. The van der Waals surface area contributed by atoms with Crippen LogP contribution >= 0.6 is 0 Å². The van der Waals surface area contributed by atoms with Gasteiger partial charge in [0.05, 0.1) is 5.75 Å². The third kappa shape index (κ3) is 5.79. The molecular weight excluding hydrogens is 260 g/mol. The monoisotopic (exact) mass is 290 g/mol. The van der Waals surface area contributed by atoms with E-state index < -0.39 is 10.0 Å². The number of rotatable bonds is 7. The summed E-state index contributed by atoms with van der Waals surface area (Å²) >= 11 is 0. The van der Waals surface area contributed by atoms with E-state index in [9.17, 15) is 8.42 Å². The molecule has 0 heterocycles. The third-order valence-corrected chi connectivity index (χ3v) is 5.63. The van der Waals surface area contributed by atoms with Crippen LogP contribution in [0.15, 0.2) is 0 Å². The zero-order valence-electron chi connectivity index (χ0n) is 12.8. The molecule has 4 nitrogen and oxygen atoms in total. The Morgan fingerprint density at radius 1 is 1.26 bits per heavy atom. The lowest BCUT2D eigenvalue weighted by molar-refractivity contribution is 0.172. The second-order valence-corrected chi connectivity index (χ2v) is 8.13. The summed E-state index contributed by atoms with van der Waals surface area (Å²) in [5.74, 6) is 2.27. The SMILES string of the molecule is CCNS(=O)(=O)CCNC1CC(C)CCC1C(C)C. The van der Waals surface area contributed by atoms with Crippen LogP contribution in [0.1, 0.15) is 47.0 Å². The minimum absolute atomic E-state index is 0.177. The first kappa shape index (κ1) is 16.9. The fourth-order valence-corrected chi connectivity index (χ4v) is 4.08. The normalized spacial score (nSPS) is 28.8. The molecule has 0 aromatic carbocycles. The molecule has 1 saturated carbocycles. The van der Waals surface area contributed by atoms with E-state index in [1.54, 1.807) is 0 Å². The zero-order valence-corrected chi connectivity index (χ0v) is 13.6. The van der Waals surface area contributed by atoms with Gasteiger partial charge < -0.3 is 5.32 Å². The van der Waals surface area contributed by atoms with E-state index in [1.807, 2.05) is 6.92 Å². The van der Waals surface area contributed by atoms with Crippen molar-refractivity contribution in [1.29, 1.82) is 0 Å². The maximum Gasteiger partial charge on any atom is 0.212 e. The standard InChI is InChI=1S/C14H30N2O2S/c1-5-16-19(17,18)9-8-15-14-10-12(4)6-7-13(14)11(2)3/h11-16H,5-10H2,1-4H3. The van der Waals surface area contributed by atoms with Crippen molar-refractivity contribution < 1.29 is 8.42 Å². The van der Waals surface area contributed by atoms with Gasteiger partial charge in [0.2, 0.25) is 10.0 Å². The lowest BCUT2D eigenvalue weighted by atomic mass is 9.74. The van der Waals surface area contributed by atoms with Crippen molar-refractivity contribution in [1.82, 2.24) is 10.0 Å². The summed E-state index contributed by atoms with van der Waals surface area (Å²) in [7, 11) is -3.10. The molecule has 5 heteroatoms. The second-order valence-electron chi connectivity index (χ2n) is 6.20. The number of nitrogens with one attached hydrogen (secondary N) is 2. The highest BCUT2D eigenvalue weighted by molar-refractivity contribution is 7.89. The number of hydrogen-bond donors (Lipinski definition) is 2. The van der Waals surface area contributed by atoms with E-state index >= 15 is 0 Å². The molecule has 0 spiro atoms. The van der Waals surface area contributed by atoms with Crippen molar-refractivity contribution in [2.24, 2.45) is 17.8 Å². The molecule has 114 valence electrons. The summed E-state index contributed by atoms with van der Waals surface area (Å²) < 4.78 is 25.7. The first-order valence-electron chi connectivity index (χ1n) is 7.56. The van der Waals surface area contributed by atoms with Crippen molar-refractivity contribution in [3.8, 4) is 0 Å². The molecule has 3 atom stereocenters. The van der Waals surface area contributed by atoms with E-state index in [0.29, 0.717) is 31.0 Å². The summed E-state index contributed by atoms with van der Waals surface area (Å²) in [4.78, 5) is 0. The van der Waals surface area contributed by atoms with E-state index in [4.69, 9.17) is 0 Å². The van der Waals surface area contributed by atoms with Gasteiger partial charge in [-0.05, 0) is 30.6 Å². The average molecular weight is 290 g/mol. The molecule has 3 unspecified atom stereocenters. The molecule has 1 rings (SSSR count). The fraction of sp³-hybridized carbons (Fsp3) is 1.00. The summed E-state index contributed by atoms with van der Waals surface area (Å²) in [6.45, 7) is 9.66. The van der Waals surface area contributed by atoms with Crippen LogP contribution in [0, 0.1) is 17.8 Å². The van der Waals surface area contributed by atoms with Crippen LogP contribution in [0.2, 0.25) is 0 Å². The van der Waals surface area contributed by atoms with Gasteiger partial charge >= 0.3 is 0 Å². The Morgan fingerprint density at radius 3 is 2.53 bits per heavy atom. The minimum atomic E-state index is -3.10. The highest BCUT2D eigenvalue weighted by Gasteiger charge is 2.30. The number of sulfonamides is 1. The highest BCUT2D eigenvalue weighted by atomic mass is 32.2. The van der Waals surface area contributed by atoms with Crippen LogP contribution in [0.4, 0.5) is 0 Å². The molecule has 2 N–H and O–H groups in total. The van der Waals surface area contributed by atoms with E-state index in [0.717, 1.165) is 5.92 Å². The molecular formula is C14H30N2O2S. The lowest BCUT2D eigenvalue weighted by Crippen LogP contribution is -2.45. The first-order valence-corrected chi connectivity index (χ1v) is 9.21. The van der Waals surface area contributed by atoms with Crippen LogP contribution < -0.4 is 10.0 Å². The van der Waals surface area contributed by atoms with E-state index in [1.165, 1.54) is 19.3 Å². The van der Waals surface area contributed by atoms with Gasteiger partial charge in [-0.15, -0.1) is 0 Å². The van der Waals surface area contributed by atoms with E-state index in [-0.39, 0.29) is 5.75 Å². The van der Waals surface area contributed by atoms with Crippen molar-refractivity contribution in [3.05, 3.63) is 0 Å². The van der Waals surface area contributed by atoms with E-state index in [2.05, 4.69) is 30.8 Å². The van der Waals surface area contributed by atoms with Crippen LogP contribution in [-0.2, 0) is 10.0 Å². The molecule has 1 fully saturated rings. The van der Waals surface area contributed by atoms with Crippen molar-refractivity contribution >= 4 is 10.0 Å². The van der Waals surface area contributed by atoms with Gasteiger partial charge in [-0.2, -0.15) is 0 Å². The second kappa shape index (κ2) is 7.60. The predicted octanol–water partition coefficient (Wildman–Crippen LogP) is 1.98. The summed E-state index contributed by atoms with van der Waals surface area (Å²) in [6, 6.07) is 0.473. The van der Waals surface area contributed by atoms with Crippen LogP contribution in [-0.4, -0.2) is 33.3 Å². The Labute approximate surface area is 118 Å². The molecule has 0 aliphatic heterocycles. The van der Waals surface area contributed by atoms with Gasteiger partial charge in [0.1, 0.15) is 0 Å². The molecule has 0 amide bonds. The molecule has 19 heavy (non-hydrogen) atoms. The van der Waals surface area contributed by atoms with Crippen LogP contribution in [0.25, 0.3) is 0 Å². The molecule has 1 aliphatic carbocycles. The maximum atomic E-state index is 11.6. The van der Waals surface area contributed by atoms with Gasteiger partial charge in [0, 0.05) is 19.1 Å².